The van der Waals surface area contributed by atoms with E-state index in [1.165, 1.54) is 0 Å². The van der Waals surface area contributed by atoms with E-state index in [1.807, 2.05) is 39.0 Å². The van der Waals surface area contributed by atoms with Crippen molar-refractivity contribution in [3.05, 3.63) is 29.3 Å². The number of benzene rings is 1. The quantitative estimate of drug-likeness (QED) is 0.872. The lowest BCUT2D eigenvalue weighted by Gasteiger charge is -2.22. The Labute approximate surface area is 102 Å². The molecule has 1 N–H and O–H groups in total. The summed E-state index contributed by atoms with van der Waals surface area (Å²) in [5, 5.41) is 3.18. The number of halogens is 1. The molecule has 0 saturated carbocycles. The van der Waals surface area contributed by atoms with Gasteiger partial charge in [0.15, 0.2) is 0 Å². The van der Waals surface area contributed by atoms with Gasteiger partial charge in [-0.05, 0) is 26.3 Å². The maximum absolute atomic E-state index is 14.2. The Balaban J connectivity index is 2.10. The van der Waals surface area contributed by atoms with Crippen LogP contribution in [0, 0.1) is 0 Å². The summed E-state index contributed by atoms with van der Waals surface area (Å²) in [7, 11) is 0. The molecule has 0 aromatic heterocycles. The predicted octanol–water partition coefficient (Wildman–Crippen LogP) is 3.02. The van der Waals surface area contributed by atoms with E-state index in [0.717, 1.165) is 17.7 Å². The number of alkyl halides is 1. The largest absolute Gasteiger partial charge is 0.493 e. The van der Waals surface area contributed by atoms with Crippen molar-refractivity contribution in [1.82, 2.24) is 5.32 Å². The topological polar surface area (TPSA) is 21.3 Å². The van der Waals surface area contributed by atoms with Gasteiger partial charge in [0.2, 0.25) is 0 Å². The molecule has 0 aliphatic carbocycles. The summed E-state index contributed by atoms with van der Waals surface area (Å²) >= 11 is 0. The van der Waals surface area contributed by atoms with Crippen molar-refractivity contribution < 1.29 is 9.13 Å². The summed E-state index contributed by atoms with van der Waals surface area (Å²) in [6.45, 7) is 7.10. The first-order valence-electron chi connectivity index (χ1n) is 6.11. The van der Waals surface area contributed by atoms with Crippen molar-refractivity contribution in [2.24, 2.45) is 0 Å². The molecule has 1 atom stereocenters. The molecule has 2 nitrogen and oxygen atoms in total. The highest BCUT2D eigenvalue weighted by Crippen LogP contribution is 2.34. The van der Waals surface area contributed by atoms with E-state index in [2.05, 4.69) is 5.32 Å². The van der Waals surface area contributed by atoms with Crippen LogP contribution in [0.25, 0.3) is 0 Å². The summed E-state index contributed by atoms with van der Waals surface area (Å²) in [4.78, 5) is 0. The van der Waals surface area contributed by atoms with E-state index in [1.54, 1.807) is 0 Å². The number of fused-ring (bicyclic) bond motifs is 1. The SMILES string of the molecule is CC(C)(C)NCC(F)c1cccc2c1OCC2. The van der Waals surface area contributed by atoms with Gasteiger partial charge in [0, 0.05) is 24.1 Å². The van der Waals surface area contributed by atoms with Crippen molar-refractivity contribution >= 4 is 0 Å². The molecule has 0 radical (unpaired) electrons. The Kier molecular flexibility index (Phi) is 3.38. The van der Waals surface area contributed by atoms with E-state index >= 15 is 0 Å². The number of hydrogen-bond acceptors (Lipinski definition) is 2. The average Bonchev–Trinajstić information content (AvgIpc) is 2.72. The fourth-order valence-electron chi connectivity index (χ4n) is 1.99. The Morgan fingerprint density at radius 1 is 1.41 bits per heavy atom. The van der Waals surface area contributed by atoms with Gasteiger partial charge >= 0.3 is 0 Å². The van der Waals surface area contributed by atoms with Gasteiger partial charge in [0.1, 0.15) is 11.9 Å². The maximum atomic E-state index is 14.2. The normalized spacial score (nSPS) is 16.5. The third kappa shape index (κ3) is 2.97. The highest BCUT2D eigenvalue weighted by molar-refractivity contribution is 5.45. The van der Waals surface area contributed by atoms with Crippen LogP contribution in [0.5, 0.6) is 5.75 Å². The summed E-state index contributed by atoms with van der Waals surface area (Å²) in [6.07, 6.45) is -0.120. The minimum Gasteiger partial charge on any atom is -0.493 e. The van der Waals surface area contributed by atoms with Crippen LogP contribution >= 0.6 is 0 Å². The zero-order valence-corrected chi connectivity index (χ0v) is 10.7. The standard InChI is InChI=1S/C14H20FNO/c1-14(2,3)16-9-12(15)11-6-4-5-10-7-8-17-13(10)11/h4-6,12,16H,7-9H2,1-3H3. The first kappa shape index (κ1) is 12.4. The van der Waals surface area contributed by atoms with Crippen molar-refractivity contribution in [2.45, 2.75) is 38.9 Å². The summed E-state index contributed by atoms with van der Waals surface area (Å²) in [5.74, 6) is 0.760. The maximum Gasteiger partial charge on any atom is 0.141 e. The Morgan fingerprint density at radius 2 is 2.18 bits per heavy atom. The van der Waals surface area contributed by atoms with Crippen LogP contribution in [-0.2, 0) is 6.42 Å². The number of nitrogens with one attached hydrogen (secondary N) is 1. The lowest BCUT2D eigenvalue weighted by atomic mass is 10.0. The van der Waals surface area contributed by atoms with Gasteiger partial charge in [0.25, 0.3) is 0 Å². The van der Waals surface area contributed by atoms with Gasteiger partial charge in [-0.3, -0.25) is 0 Å². The van der Waals surface area contributed by atoms with Crippen LogP contribution in [-0.4, -0.2) is 18.7 Å². The fraction of sp³-hybridized carbons (Fsp3) is 0.571. The molecule has 1 heterocycles. The third-order valence-corrected chi connectivity index (χ3v) is 2.89. The molecule has 1 aliphatic heterocycles. The molecular weight excluding hydrogens is 217 g/mol. The van der Waals surface area contributed by atoms with Crippen molar-refractivity contribution in [1.29, 1.82) is 0 Å². The lowest BCUT2D eigenvalue weighted by Crippen LogP contribution is -2.37. The van der Waals surface area contributed by atoms with Crippen LogP contribution in [0.15, 0.2) is 18.2 Å². The number of ether oxygens (including phenoxy) is 1. The van der Waals surface area contributed by atoms with Crippen molar-refractivity contribution in [3.63, 3.8) is 0 Å². The van der Waals surface area contributed by atoms with Gasteiger partial charge in [-0.2, -0.15) is 0 Å². The fourth-order valence-corrected chi connectivity index (χ4v) is 1.99. The second kappa shape index (κ2) is 4.65. The van der Waals surface area contributed by atoms with Gasteiger partial charge < -0.3 is 10.1 Å². The second-order valence-corrected chi connectivity index (χ2v) is 5.53. The Hall–Kier alpha value is -1.09. The predicted molar refractivity (Wildman–Crippen MR) is 67.2 cm³/mol. The van der Waals surface area contributed by atoms with Gasteiger partial charge in [0.05, 0.1) is 6.61 Å². The van der Waals surface area contributed by atoms with Crippen LogP contribution in [0.4, 0.5) is 4.39 Å². The first-order chi connectivity index (χ1) is 7.97. The molecule has 0 amide bonds. The summed E-state index contributed by atoms with van der Waals surface area (Å²) < 4.78 is 19.7. The van der Waals surface area contributed by atoms with Gasteiger partial charge in [-0.1, -0.05) is 18.2 Å². The zero-order chi connectivity index (χ0) is 12.5. The molecule has 0 spiro atoms. The molecule has 1 aromatic rings. The molecule has 1 aliphatic rings. The van der Waals surface area contributed by atoms with Crippen LogP contribution in [0.1, 0.15) is 38.1 Å². The number of hydrogen-bond donors (Lipinski definition) is 1. The molecule has 0 bridgehead atoms. The van der Waals surface area contributed by atoms with Crippen molar-refractivity contribution in [2.75, 3.05) is 13.2 Å². The molecule has 1 unspecified atom stereocenters. The van der Waals surface area contributed by atoms with Crippen LogP contribution in [0.2, 0.25) is 0 Å². The average molecular weight is 237 g/mol. The third-order valence-electron chi connectivity index (χ3n) is 2.89. The summed E-state index contributed by atoms with van der Waals surface area (Å²) in [6, 6.07) is 5.74. The van der Waals surface area contributed by atoms with Gasteiger partial charge in [-0.25, -0.2) is 4.39 Å². The summed E-state index contributed by atoms with van der Waals surface area (Å²) in [5.41, 5.74) is 1.74. The first-order valence-corrected chi connectivity index (χ1v) is 6.11. The molecule has 17 heavy (non-hydrogen) atoms. The van der Waals surface area contributed by atoms with E-state index < -0.39 is 6.17 Å². The molecule has 3 heteroatoms. The molecule has 2 rings (SSSR count). The number of para-hydroxylation sites is 1. The molecule has 94 valence electrons. The Morgan fingerprint density at radius 3 is 2.88 bits per heavy atom. The van der Waals surface area contributed by atoms with Crippen LogP contribution < -0.4 is 10.1 Å². The van der Waals surface area contributed by atoms with E-state index in [-0.39, 0.29) is 5.54 Å². The Bertz CT molecular complexity index is 398. The minimum atomic E-state index is -1.01. The molecule has 1 aromatic carbocycles. The van der Waals surface area contributed by atoms with Gasteiger partial charge in [-0.15, -0.1) is 0 Å². The monoisotopic (exact) mass is 237 g/mol. The molecule has 0 fully saturated rings. The highest BCUT2D eigenvalue weighted by atomic mass is 19.1. The van der Waals surface area contributed by atoms with Crippen LogP contribution in [0.3, 0.4) is 0 Å². The van der Waals surface area contributed by atoms with Crippen molar-refractivity contribution in [3.8, 4) is 5.75 Å². The lowest BCUT2D eigenvalue weighted by molar-refractivity contribution is 0.278. The minimum absolute atomic E-state index is 0.0663. The van der Waals surface area contributed by atoms with E-state index in [4.69, 9.17) is 4.74 Å². The smallest absolute Gasteiger partial charge is 0.141 e. The highest BCUT2D eigenvalue weighted by Gasteiger charge is 2.22. The molecular formula is C14H20FNO. The number of rotatable bonds is 3. The van der Waals surface area contributed by atoms with E-state index in [9.17, 15) is 4.39 Å². The molecule has 0 saturated heterocycles. The van der Waals surface area contributed by atoms with E-state index in [0.29, 0.717) is 18.7 Å². The zero-order valence-electron chi connectivity index (χ0n) is 10.7. The second-order valence-electron chi connectivity index (χ2n) is 5.53.